The lowest BCUT2D eigenvalue weighted by atomic mass is 9.54. The second kappa shape index (κ2) is 5.33. The first-order chi connectivity index (χ1) is 11.2. The average Bonchev–Trinajstić information content (AvgIpc) is 2.97. The lowest BCUT2D eigenvalue weighted by Gasteiger charge is -2.52. The molecule has 1 spiro atoms. The van der Waals surface area contributed by atoms with Gasteiger partial charge < -0.3 is 9.47 Å². The van der Waals surface area contributed by atoms with Gasteiger partial charge in [0.1, 0.15) is 0 Å². The molecule has 0 N–H and O–H groups in total. The number of hydrogen-bond donors (Lipinski definition) is 0. The lowest BCUT2D eigenvalue weighted by molar-refractivity contribution is -0.272. The molecule has 23 heavy (non-hydrogen) atoms. The normalized spacial score (nSPS) is 45.5. The van der Waals surface area contributed by atoms with Crippen LogP contribution in [0.15, 0.2) is 11.1 Å². The summed E-state index contributed by atoms with van der Waals surface area (Å²) in [5.74, 6) is 2.70. The van der Waals surface area contributed by atoms with Crippen molar-refractivity contribution < 1.29 is 9.47 Å². The highest BCUT2D eigenvalue weighted by atomic mass is 16.7. The Bertz CT molecular complexity index is 516. The van der Waals surface area contributed by atoms with Gasteiger partial charge in [0.05, 0.1) is 13.2 Å². The van der Waals surface area contributed by atoms with Crippen molar-refractivity contribution in [3.63, 3.8) is 0 Å². The quantitative estimate of drug-likeness (QED) is 0.570. The summed E-state index contributed by atoms with van der Waals surface area (Å²) in [6.45, 7) is 4.40. The van der Waals surface area contributed by atoms with Crippen molar-refractivity contribution in [2.75, 3.05) is 13.2 Å². The molecule has 3 unspecified atom stereocenters. The van der Waals surface area contributed by atoms with Crippen molar-refractivity contribution in [1.29, 1.82) is 0 Å². The van der Waals surface area contributed by atoms with E-state index in [0.29, 0.717) is 5.41 Å². The molecule has 2 nitrogen and oxygen atoms in total. The molecule has 1 heterocycles. The maximum Gasteiger partial charge on any atom is 0.172 e. The summed E-state index contributed by atoms with van der Waals surface area (Å²) < 4.78 is 12.2. The predicted octanol–water partition coefficient (Wildman–Crippen LogP) is 5.23. The van der Waals surface area contributed by atoms with Crippen LogP contribution in [0.2, 0.25) is 0 Å². The van der Waals surface area contributed by atoms with Gasteiger partial charge in [0, 0.05) is 12.8 Å². The fraction of sp³-hybridized carbons (Fsp3) is 0.905. The van der Waals surface area contributed by atoms with Gasteiger partial charge in [-0.1, -0.05) is 24.5 Å². The summed E-state index contributed by atoms with van der Waals surface area (Å²) in [5, 5.41) is 0. The first kappa shape index (κ1) is 15.0. The van der Waals surface area contributed by atoms with Crippen LogP contribution in [-0.4, -0.2) is 19.0 Å². The summed E-state index contributed by atoms with van der Waals surface area (Å²) in [6, 6.07) is 0. The fourth-order valence-electron chi connectivity index (χ4n) is 7.05. The maximum atomic E-state index is 6.12. The lowest BCUT2D eigenvalue weighted by Crippen LogP contribution is -2.46. The minimum absolute atomic E-state index is 0.236. The minimum atomic E-state index is -0.236. The Morgan fingerprint density at radius 3 is 2.65 bits per heavy atom. The van der Waals surface area contributed by atoms with Crippen LogP contribution in [0.1, 0.15) is 77.6 Å². The van der Waals surface area contributed by atoms with E-state index < -0.39 is 0 Å². The molecule has 0 radical (unpaired) electrons. The van der Waals surface area contributed by atoms with E-state index in [1.165, 1.54) is 51.4 Å². The third-order valence-electron chi connectivity index (χ3n) is 8.18. The van der Waals surface area contributed by atoms with E-state index >= 15 is 0 Å². The van der Waals surface area contributed by atoms with Crippen LogP contribution < -0.4 is 0 Å². The highest BCUT2D eigenvalue weighted by molar-refractivity contribution is 5.28. The topological polar surface area (TPSA) is 18.5 Å². The molecule has 2 saturated carbocycles. The summed E-state index contributed by atoms with van der Waals surface area (Å²) in [4.78, 5) is 0. The van der Waals surface area contributed by atoms with Gasteiger partial charge in [0.15, 0.2) is 5.79 Å². The zero-order valence-electron chi connectivity index (χ0n) is 14.7. The fourth-order valence-corrected chi connectivity index (χ4v) is 7.05. The molecule has 0 amide bonds. The molecule has 0 aromatic heterocycles. The van der Waals surface area contributed by atoms with Gasteiger partial charge in [-0.3, -0.25) is 0 Å². The van der Waals surface area contributed by atoms with Gasteiger partial charge in [-0.25, -0.2) is 0 Å². The van der Waals surface area contributed by atoms with Crippen LogP contribution in [0.5, 0.6) is 0 Å². The molecule has 1 aliphatic heterocycles. The first-order valence-corrected chi connectivity index (χ1v) is 10.2. The van der Waals surface area contributed by atoms with E-state index in [0.717, 1.165) is 50.2 Å². The molecule has 0 bridgehead atoms. The molecule has 3 fully saturated rings. The van der Waals surface area contributed by atoms with Crippen molar-refractivity contribution in [2.45, 2.75) is 83.3 Å². The van der Waals surface area contributed by atoms with Crippen molar-refractivity contribution >= 4 is 0 Å². The smallest absolute Gasteiger partial charge is 0.172 e. The van der Waals surface area contributed by atoms with E-state index in [4.69, 9.17) is 9.47 Å². The second-order valence-electron chi connectivity index (χ2n) is 9.27. The van der Waals surface area contributed by atoms with Crippen LogP contribution in [-0.2, 0) is 9.47 Å². The monoisotopic (exact) mass is 316 g/mol. The largest absolute Gasteiger partial charge is 0.349 e. The summed E-state index contributed by atoms with van der Waals surface area (Å²) in [6.07, 6.45) is 14.7. The van der Waals surface area contributed by atoms with Crippen molar-refractivity contribution in [1.82, 2.24) is 0 Å². The second-order valence-corrected chi connectivity index (χ2v) is 9.27. The molecule has 4 atom stereocenters. The van der Waals surface area contributed by atoms with Crippen LogP contribution in [0.3, 0.4) is 0 Å². The summed E-state index contributed by atoms with van der Waals surface area (Å²) >= 11 is 0. The van der Waals surface area contributed by atoms with Gasteiger partial charge in [0.25, 0.3) is 0 Å². The van der Waals surface area contributed by atoms with Gasteiger partial charge in [-0.2, -0.15) is 0 Å². The van der Waals surface area contributed by atoms with Crippen LogP contribution in [0.25, 0.3) is 0 Å². The molecule has 2 heteroatoms. The van der Waals surface area contributed by atoms with E-state index in [1.54, 1.807) is 5.57 Å². The van der Waals surface area contributed by atoms with Gasteiger partial charge in [-0.15, -0.1) is 0 Å². The Hall–Kier alpha value is -0.340. The molecule has 0 aromatic rings. The molecule has 1 saturated heterocycles. The Balaban J connectivity index is 1.40. The van der Waals surface area contributed by atoms with Gasteiger partial charge in [-0.05, 0) is 74.5 Å². The molecular weight excluding hydrogens is 284 g/mol. The standard InChI is InChI=1S/C21H32O2/c1-20-9-2-4-19(20)18-6-5-15-14-21(22-12-3-13-23-21)11-8-16(15)17(18)7-10-20/h17-19H,2-14H2,1H3/t17?,18?,19?,20-/m0/s1. The van der Waals surface area contributed by atoms with E-state index in [2.05, 4.69) is 6.92 Å². The first-order valence-electron chi connectivity index (χ1n) is 10.2. The number of rotatable bonds is 0. The summed E-state index contributed by atoms with van der Waals surface area (Å²) in [5.41, 5.74) is 4.28. The van der Waals surface area contributed by atoms with E-state index in [1.807, 2.05) is 5.57 Å². The van der Waals surface area contributed by atoms with Crippen LogP contribution in [0, 0.1) is 23.2 Å². The molecule has 0 aromatic carbocycles. The van der Waals surface area contributed by atoms with E-state index in [-0.39, 0.29) is 5.79 Å². The summed E-state index contributed by atoms with van der Waals surface area (Å²) in [7, 11) is 0. The Kier molecular flexibility index (Phi) is 3.46. The number of hydrogen-bond acceptors (Lipinski definition) is 2. The van der Waals surface area contributed by atoms with Crippen molar-refractivity contribution in [3.05, 3.63) is 11.1 Å². The van der Waals surface area contributed by atoms with Gasteiger partial charge in [0.2, 0.25) is 0 Å². The number of allylic oxidation sites excluding steroid dienone is 1. The zero-order chi connectivity index (χ0) is 15.5. The zero-order valence-corrected chi connectivity index (χ0v) is 14.7. The van der Waals surface area contributed by atoms with E-state index in [9.17, 15) is 0 Å². The maximum absolute atomic E-state index is 6.12. The Morgan fingerprint density at radius 2 is 1.78 bits per heavy atom. The molecule has 5 rings (SSSR count). The predicted molar refractivity (Wildman–Crippen MR) is 91.0 cm³/mol. The Labute approximate surface area is 141 Å². The highest BCUT2D eigenvalue weighted by Crippen LogP contribution is 2.61. The molecule has 5 aliphatic rings. The highest BCUT2D eigenvalue weighted by Gasteiger charge is 2.52. The van der Waals surface area contributed by atoms with Crippen LogP contribution in [0.4, 0.5) is 0 Å². The third-order valence-corrected chi connectivity index (χ3v) is 8.18. The van der Waals surface area contributed by atoms with Crippen LogP contribution >= 0.6 is 0 Å². The minimum Gasteiger partial charge on any atom is -0.349 e. The molecule has 4 aliphatic carbocycles. The number of fused-ring (bicyclic) bond motifs is 4. The number of ether oxygens (including phenoxy) is 2. The van der Waals surface area contributed by atoms with Crippen molar-refractivity contribution in [3.8, 4) is 0 Å². The Morgan fingerprint density at radius 1 is 0.913 bits per heavy atom. The third kappa shape index (κ3) is 2.28. The van der Waals surface area contributed by atoms with Gasteiger partial charge >= 0.3 is 0 Å². The molecular formula is C21H32O2. The average molecular weight is 316 g/mol. The van der Waals surface area contributed by atoms with Crippen molar-refractivity contribution in [2.24, 2.45) is 23.2 Å². The molecule has 128 valence electrons. The SMILES string of the molecule is C[C@@]12CCCC1C1CCC3=C(CCC4(C3)OCCCO4)C1CC2.